The first kappa shape index (κ1) is 24.3. The Kier molecular flexibility index (Phi) is 7.97. The van der Waals surface area contributed by atoms with Crippen molar-refractivity contribution in [2.75, 3.05) is 36.8 Å². The molecule has 9 heteroatoms. The molecule has 0 saturated heterocycles. The number of rotatable bonds is 10. The number of amides is 1. The fraction of sp³-hybridized carbons (Fsp3) is 0.391. The van der Waals surface area contributed by atoms with Gasteiger partial charge in [0.15, 0.2) is 15.0 Å². The molecular weight excluding hydrogens is 449 g/mol. The van der Waals surface area contributed by atoms with Crippen LogP contribution in [0.25, 0.3) is 10.2 Å². The highest BCUT2D eigenvalue weighted by molar-refractivity contribution is 7.92. The van der Waals surface area contributed by atoms with Crippen molar-refractivity contribution < 1.29 is 17.6 Å². The average molecular weight is 478 g/mol. The average Bonchev–Trinajstić information content (AvgIpc) is 3.19. The van der Waals surface area contributed by atoms with E-state index < -0.39 is 27.3 Å². The molecule has 0 aliphatic rings. The summed E-state index contributed by atoms with van der Waals surface area (Å²) in [6.45, 7) is 8.74. The molecule has 0 spiro atoms. The first-order valence-electron chi connectivity index (χ1n) is 10.7. The number of halogens is 1. The van der Waals surface area contributed by atoms with Crippen molar-refractivity contribution >= 4 is 42.4 Å². The van der Waals surface area contributed by atoms with Gasteiger partial charge in [-0.05, 0) is 61.5 Å². The number of thiazole rings is 1. The number of benzene rings is 2. The Morgan fingerprint density at radius 2 is 1.72 bits per heavy atom. The minimum absolute atomic E-state index is 0.0761. The van der Waals surface area contributed by atoms with E-state index in [1.807, 2.05) is 26.0 Å². The van der Waals surface area contributed by atoms with Gasteiger partial charge in [-0.15, -0.1) is 0 Å². The molecule has 6 nitrogen and oxygen atoms in total. The Morgan fingerprint density at radius 3 is 2.34 bits per heavy atom. The third-order valence-electron chi connectivity index (χ3n) is 5.40. The molecule has 3 aromatic rings. The van der Waals surface area contributed by atoms with Crippen molar-refractivity contribution in [3.05, 3.63) is 53.8 Å². The number of carbonyl (C=O) groups excluding carboxylic acids is 1. The molecule has 1 heterocycles. The van der Waals surface area contributed by atoms with Crippen LogP contribution in [0.2, 0.25) is 0 Å². The highest BCUT2D eigenvalue weighted by Gasteiger charge is 2.27. The van der Waals surface area contributed by atoms with E-state index in [-0.39, 0.29) is 4.90 Å². The molecule has 0 aliphatic carbocycles. The molecule has 2 aromatic carbocycles. The standard InChI is InChI=1S/C23H28FN3O3S2/c1-4-17-7-12-20-21(15-17)31-23(25-20)27(14-13-26(5-2)6-3)22(28)16-32(29,30)19-10-8-18(24)9-11-19/h7-12,15H,4-6,13-14,16H2,1-3H3. The second kappa shape index (κ2) is 10.5. The van der Waals surface area contributed by atoms with Crippen molar-refractivity contribution in [2.24, 2.45) is 0 Å². The number of aryl methyl sites for hydroxylation is 1. The van der Waals surface area contributed by atoms with E-state index in [4.69, 9.17) is 0 Å². The first-order valence-corrected chi connectivity index (χ1v) is 13.1. The van der Waals surface area contributed by atoms with E-state index in [0.717, 1.165) is 41.9 Å². The zero-order valence-electron chi connectivity index (χ0n) is 18.5. The number of hydrogen-bond acceptors (Lipinski definition) is 6. The summed E-state index contributed by atoms with van der Waals surface area (Å²) < 4.78 is 39.8. The molecule has 0 radical (unpaired) electrons. The Labute approximate surface area is 192 Å². The molecule has 0 saturated carbocycles. The van der Waals surface area contributed by atoms with Crippen LogP contribution < -0.4 is 4.90 Å². The summed E-state index contributed by atoms with van der Waals surface area (Å²) in [7, 11) is -3.91. The van der Waals surface area contributed by atoms with Crippen molar-refractivity contribution in [1.29, 1.82) is 0 Å². The van der Waals surface area contributed by atoms with Crippen LogP contribution in [-0.2, 0) is 21.1 Å². The van der Waals surface area contributed by atoms with E-state index >= 15 is 0 Å². The number of sulfone groups is 1. The number of likely N-dealkylation sites (N-methyl/N-ethyl adjacent to an activating group) is 1. The smallest absolute Gasteiger partial charge is 0.244 e. The molecule has 1 aromatic heterocycles. The van der Waals surface area contributed by atoms with Crippen molar-refractivity contribution in [2.45, 2.75) is 32.1 Å². The van der Waals surface area contributed by atoms with Crippen LogP contribution >= 0.6 is 11.3 Å². The molecular formula is C23H28FN3O3S2. The number of carbonyl (C=O) groups is 1. The number of aromatic nitrogens is 1. The lowest BCUT2D eigenvalue weighted by Crippen LogP contribution is -2.41. The molecule has 172 valence electrons. The minimum atomic E-state index is -3.91. The first-order chi connectivity index (χ1) is 15.3. The predicted octanol–water partition coefficient (Wildman–Crippen LogP) is 4.15. The lowest BCUT2D eigenvalue weighted by molar-refractivity contribution is -0.116. The van der Waals surface area contributed by atoms with Crippen LogP contribution in [-0.4, -0.2) is 56.1 Å². The second-order valence-corrected chi connectivity index (χ2v) is 10.4. The third kappa shape index (κ3) is 5.70. The van der Waals surface area contributed by atoms with Gasteiger partial charge in [-0.1, -0.05) is 38.2 Å². The van der Waals surface area contributed by atoms with E-state index in [1.54, 1.807) is 0 Å². The maximum Gasteiger partial charge on any atom is 0.244 e. The van der Waals surface area contributed by atoms with Gasteiger partial charge in [0.1, 0.15) is 11.6 Å². The van der Waals surface area contributed by atoms with Crippen molar-refractivity contribution in [1.82, 2.24) is 9.88 Å². The Bertz CT molecular complexity index is 1170. The summed E-state index contributed by atoms with van der Waals surface area (Å²) in [5.41, 5.74) is 1.96. The number of nitrogens with zero attached hydrogens (tertiary/aromatic N) is 3. The maximum atomic E-state index is 13.2. The number of anilines is 1. The van der Waals surface area contributed by atoms with Crippen LogP contribution in [0.5, 0.6) is 0 Å². The van der Waals surface area contributed by atoms with Crippen LogP contribution in [0.3, 0.4) is 0 Å². The zero-order chi connectivity index (χ0) is 23.3. The molecule has 0 fully saturated rings. The SMILES string of the molecule is CCc1ccc2nc(N(CCN(CC)CC)C(=O)CS(=O)(=O)c3ccc(F)cc3)sc2c1. The summed E-state index contributed by atoms with van der Waals surface area (Å²) in [5, 5.41) is 0.486. The summed E-state index contributed by atoms with van der Waals surface area (Å²) in [6, 6.07) is 10.5. The second-order valence-electron chi connectivity index (χ2n) is 7.44. The molecule has 0 aliphatic heterocycles. The van der Waals surface area contributed by atoms with Crippen molar-refractivity contribution in [3.8, 4) is 0 Å². The summed E-state index contributed by atoms with van der Waals surface area (Å²) in [5.74, 6) is -1.78. The van der Waals surface area contributed by atoms with Gasteiger partial charge < -0.3 is 4.90 Å². The summed E-state index contributed by atoms with van der Waals surface area (Å²) in [4.78, 5) is 21.4. The zero-order valence-corrected chi connectivity index (χ0v) is 20.2. The lowest BCUT2D eigenvalue weighted by atomic mass is 10.2. The van der Waals surface area contributed by atoms with Crippen LogP contribution in [0.15, 0.2) is 47.4 Å². The Balaban J connectivity index is 1.91. The van der Waals surface area contributed by atoms with Crippen LogP contribution in [0.4, 0.5) is 9.52 Å². The molecule has 32 heavy (non-hydrogen) atoms. The summed E-state index contributed by atoms with van der Waals surface area (Å²) in [6.07, 6.45) is 0.893. The quantitative estimate of drug-likeness (QED) is 0.411. The number of fused-ring (bicyclic) bond motifs is 1. The van der Waals surface area contributed by atoms with Crippen LogP contribution in [0, 0.1) is 5.82 Å². The van der Waals surface area contributed by atoms with E-state index in [1.165, 1.54) is 33.9 Å². The molecule has 0 bridgehead atoms. The van der Waals surface area contributed by atoms with Gasteiger partial charge >= 0.3 is 0 Å². The van der Waals surface area contributed by atoms with E-state index in [9.17, 15) is 17.6 Å². The maximum absolute atomic E-state index is 13.2. The third-order valence-corrected chi connectivity index (χ3v) is 8.06. The lowest BCUT2D eigenvalue weighted by Gasteiger charge is -2.24. The molecule has 3 rings (SSSR count). The molecule has 0 N–H and O–H groups in total. The van der Waals surface area contributed by atoms with E-state index in [2.05, 4.69) is 22.9 Å². The normalized spacial score (nSPS) is 11.9. The Hall–Kier alpha value is -2.36. The minimum Gasteiger partial charge on any atom is -0.302 e. The van der Waals surface area contributed by atoms with Gasteiger partial charge in [0.2, 0.25) is 5.91 Å². The Morgan fingerprint density at radius 1 is 1.03 bits per heavy atom. The highest BCUT2D eigenvalue weighted by atomic mass is 32.2. The molecule has 0 unspecified atom stereocenters. The van der Waals surface area contributed by atoms with Gasteiger partial charge in [-0.2, -0.15) is 0 Å². The van der Waals surface area contributed by atoms with E-state index in [0.29, 0.717) is 18.2 Å². The largest absolute Gasteiger partial charge is 0.302 e. The summed E-state index contributed by atoms with van der Waals surface area (Å²) >= 11 is 1.38. The fourth-order valence-corrected chi connectivity index (χ4v) is 5.64. The van der Waals surface area contributed by atoms with Crippen LogP contribution in [0.1, 0.15) is 26.3 Å². The molecule has 1 amide bonds. The number of hydrogen-bond donors (Lipinski definition) is 0. The van der Waals surface area contributed by atoms with Gasteiger partial charge in [0.05, 0.1) is 15.1 Å². The fourth-order valence-electron chi connectivity index (χ4n) is 3.37. The van der Waals surface area contributed by atoms with Gasteiger partial charge in [0.25, 0.3) is 0 Å². The van der Waals surface area contributed by atoms with Gasteiger partial charge in [-0.3, -0.25) is 9.69 Å². The van der Waals surface area contributed by atoms with Gasteiger partial charge in [-0.25, -0.2) is 17.8 Å². The predicted molar refractivity (Wildman–Crippen MR) is 128 cm³/mol. The monoisotopic (exact) mass is 477 g/mol. The molecule has 0 atom stereocenters. The van der Waals surface area contributed by atoms with Crippen molar-refractivity contribution in [3.63, 3.8) is 0 Å². The topological polar surface area (TPSA) is 70.6 Å². The van der Waals surface area contributed by atoms with Gasteiger partial charge in [0, 0.05) is 13.1 Å². The highest BCUT2D eigenvalue weighted by Crippen LogP contribution is 2.30.